The van der Waals surface area contributed by atoms with Crippen LogP contribution in [0.15, 0.2) is 0 Å². The second kappa shape index (κ2) is 5.08. The average Bonchev–Trinajstić information content (AvgIpc) is 2.09. The largest absolute Gasteiger partial charge is 0.311 e. The third-order valence-corrected chi connectivity index (χ3v) is 4.01. The first-order chi connectivity index (χ1) is 7.28. The van der Waals surface area contributed by atoms with Crippen LogP contribution in [0, 0.1) is 10.8 Å². The molecule has 0 aromatic heterocycles. The molecule has 0 radical (unpaired) electrons. The fourth-order valence-electron chi connectivity index (χ4n) is 3.82. The van der Waals surface area contributed by atoms with E-state index in [0.717, 1.165) is 12.1 Å². The van der Waals surface area contributed by atoms with Crippen LogP contribution in [0.4, 0.5) is 0 Å². The Morgan fingerprint density at radius 1 is 1.00 bits per heavy atom. The van der Waals surface area contributed by atoms with Gasteiger partial charge in [-0.3, -0.25) is 0 Å². The minimum Gasteiger partial charge on any atom is -0.311 e. The molecule has 1 N–H and O–H groups in total. The van der Waals surface area contributed by atoms with Crippen molar-refractivity contribution in [3.05, 3.63) is 0 Å². The second-order valence-electron chi connectivity index (χ2n) is 7.29. The molecule has 0 bridgehead atoms. The molecule has 1 aliphatic rings. The van der Waals surface area contributed by atoms with Crippen molar-refractivity contribution in [3.63, 3.8) is 0 Å². The molecule has 96 valence electrons. The number of rotatable bonds is 4. The highest BCUT2D eigenvalue weighted by molar-refractivity contribution is 4.93. The Morgan fingerprint density at radius 2 is 1.44 bits per heavy atom. The highest BCUT2D eigenvalue weighted by Crippen LogP contribution is 2.45. The first kappa shape index (κ1) is 14.0. The zero-order valence-electron chi connectivity index (χ0n) is 12.2. The van der Waals surface area contributed by atoms with Crippen LogP contribution >= 0.6 is 0 Å². The molecular formula is C15H31N. The molecule has 0 atom stereocenters. The minimum absolute atomic E-state index is 0.505. The maximum atomic E-state index is 3.87. The zero-order chi connectivity index (χ0) is 12.4. The summed E-state index contributed by atoms with van der Waals surface area (Å²) >= 11 is 0. The van der Waals surface area contributed by atoms with E-state index in [9.17, 15) is 0 Å². The van der Waals surface area contributed by atoms with E-state index < -0.39 is 0 Å². The van der Waals surface area contributed by atoms with E-state index in [-0.39, 0.29) is 0 Å². The summed E-state index contributed by atoms with van der Waals surface area (Å²) in [6.45, 7) is 14.3. The SMILES string of the molecule is CCC(CC)NC1CC(C)(C)CC(C)(C)C1. The molecule has 0 saturated heterocycles. The molecule has 0 aromatic carbocycles. The van der Waals surface area contributed by atoms with Gasteiger partial charge in [-0.1, -0.05) is 41.5 Å². The third-order valence-electron chi connectivity index (χ3n) is 4.01. The molecule has 1 fully saturated rings. The second-order valence-corrected chi connectivity index (χ2v) is 7.29. The van der Waals surface area contributed by atoms with Crippen LogP contribution in [0.1, 0.15) is 73.6 Å². The van der Waals surface area contributed by atoms with Crippen LogP contribution in [-0.4, -0.2) is 12.1 Å². The lowest BCUT2D eigenvalue weighted by Crippen LogP contribution is -2.47. The number of hydrogen-bond acceptors (Lipinski definition) is 1. The van der Waals surface area contributed by atoms with Crippen LogP contribution < -0.4 is 5.32 Å². The Morgan fingerprint density at radius 3 is 1.81 bits per heavy atom. The molecule has 0 unspecified atom stereocenters. The molecule has 0 spiro atoms. The molecule has 1 aliphatic carbocycles. The van der Waals surface area contributed by atoms with Crippen molar-refractivity contribution >= 4 is 0 Å². The van der Waals surface area contributed by atoms with E-state index in [4.69, 9.17) is 0 Å². The predicted molar refractivity (Wildman–Crippen MR) is 72.7 cm³/mol. The molecule has 0 aliphatic heterocycles. The predicted octanol–water partition coefficient (Wildman–Crippen LogP) is 4.37. The smallest absolute Gasteiger partial charge is 0.00798 e. The third kappa shape index (κ3) is 4.08. The van der Waals surface area contributed by atoms with Crippen LogP contribution in [0.3, 0.4) is 0 Å². The van der Waals surface area contributed by atoms with Gasteiger partial charge in [0.25, 0.3) is 0 Å². The lowest BCUT2D eigenvalue weighted by Gasteiger charge is -2.46. The number of hydrogen-bond donors (Lipinski definition) is 1. The highest BCUT2D eigenvalue weighted by Gasteiger charge is 2.38. The van der Waals surface area contributed by atoms with Gasteiger partial charge in [0.2, 0.25) is 0 Å². The highest BCUT2D eigenvalue weighted by atomic mass is 15.0. The van der Waals surface area contributed by atoms with E-state index in [1.807, 2.05) is 0 Å². The fraction of sp³-hybridized carbons (Fsp3) is 1.00. The lowest BCUT2D eigenvalue weighted by molar-refractivity contribution is 0.0797. The van der Waals surface area contributed by atoms with Crippen molar-refractivity contribution in [2.24, 2.45) is 10.8 Å². The van der Waals surface area contributed by atoms with E-state index in [1.54, 1.807) is 0 Å². The standard InChI is InChI=1S/C15H31N/c1-7-12(8-2)16-13-9-14(3,4)11-15(5,6)10-13/h12-13,16H,7-11H2,1-6H3. The van der Waals surface area contributed by atoms with E-state index in [0.29, 0.717) is 10.8 Å². The maximum absolute atomic E-state index is 3.87. The van der Waals surface area contributed by atoms with E-state index in [1.165, 1.54) is 32.1 Å². The van der Waals surface area contributed by atoms with Crippen molar-refractivity contribution in [1.82, 2.24) is 5.32 Å². The van der Waals surface area contributed by atoms with Crippen molar-refractivity contribution in [1.29, 1.82) is 0 Å². The van der Waals surface area contributed by atoms with Crippen molar-refractivity contribution in [3.8, 4) is 0 Å². The monoisotopic (exact) mass is 225 g/mol. The van der Waals surface area contributed by atoms with Crippen molar-refractivity contribution in [2.75, 3.05) is 0 Å². The summed E-state index contributed by atoms with van der Waals surface area (Å²) in [6, 6.07) is 1.44. The van der Waals surface area contributed by atoms with Crippen molar-refractivity contribution in [2.45, 2.75) is 85.7 Å². The van der Waals surface area contributed by atoms with Gasteiger partial charge >= 0.3 is 0 Å². The molecule has 0 heterocycles. The molecule has 16 heavy (non-hydrogen) atoms. The quantitative estimate of drug-likeness (QED) is 0.749. The van der Waals surface area contributed by atoms with Gasteiger partial charge in [-0.15, -0.1) is 0 Å². The summed E-state index contributed by atoms with van der Waals surface area (Å²) in [4.78, 5) is 0. The summed E-state index contributed by atoms with van der Waals surface area (Å²) in [7, 11) is 0. The van der Waals surface area contributed by atoms with Crippen molar-refractivity contribution < 1.29 is 0 Å². The van der Waals surface area contributed by atoms with Crippen LogP contribution in [-0.2, 0) is 0 Å². The first-order valence-corrected chi connectivity index (χ1v) is 7.04. The van der Waals surface area contributed by atoms with Gasteiger partial charge in [0.05, 0.1) is 0 Å². The summed E-state index contributed by atoms with van der Waals surface area (Å²) in [6.07, 6.45) is 6.56. The number of nitrogens with one attached hydrogen (secondary N) is 1. The molecule has 0 aromatic rings. The van der Waals surface area contributed by atoms with Gasteiger partial charge in [0.1, 0.15) is 0 Å². The van der Waals surface area contributed by atoms with Gasteiger partial charge in [-0.05, 0) is 42.9 Å². The Bertz CT molecular complexity index is 197. The zero-order valence-corrected chi connectivity index (χ0v) is 12.2. The van der Waals surface area contributed by atoms with Gasteiger partial charge in [0.15, 0.2) is 0 Å². The van der Waals surface area contributed by atoms with Gasteiger partial charge in [-0.25, -0.2) is 0 Å². The summed E-state index contributed by atoms with van der Waals surface area (Å²) in [5, 5.41) is 3.87. The molecular weight excluding hydrogens is 194 g/mol. The molecule has 0 amide bonds. The Hall–Kier alpha value is -0.0400. The first-order valence-electron chi connectivity index (χ1n) is 7.04. The molecule has 1 heteroatoms. The summed E-state index contributed by atoms with van der Waals surface area (Å²) < 4.78 is 0. The Kier molecular flexibility index (Phi) is 4.45. The van der Waals surface area contributed by atoms with Crippen LogP contribution in [0.25, 0.3) is 0 Å². The van der Waals surface area contributed by atoms with Gasteiger partial charge in [-0.2, -0.15) is 0 Å². The average molecular weight is 225 g/mol. The van der Waals surface area contributed by atoms with Crippen LogP contribution in [0.5, 0.6) is 0 Å². The summed E-state index contributed by atoms with van der Waals surface area (Å²) in [5.74, 6) is 0. The lowest BCUT2D eigenvalue weighted by atomic mass is 9.63. The van der Waals surface area contributed by atoms with Crippen LogP contribution in [0.2, 0.25) is 0 Å². The topological polar surface area (TPSA) is 12.0 Å². The Labute approximate surface area is 102 Å². The fourth-order valence-corrected chi connectivity index (χ4v) is 3.82. The maximum Gasteiger partial charge on any atom is 0.00798 e. The van der Waals surface area contributed by atoms with E-state index in [2.05, 4.69) is 46.9 Å². The minimum atomic E-state index is 0.505. The van der Waals surface area contributed by atoms with Gasteiger partial charge < -0.3 is 5.32 Å². The van der Waals surface area contributed by atoms with E-state index >= 15 is 0 Å². The molecule has 1 rings (SSSR count). The molecule has 1 nitrogen and oxygen atoms in total. The molecule has 1 saturated carbocycles. The van der Waals surface area contributed by atoms with Gasteiger partial charge in [0, 0.05) is 12.1 Å². The Balaban J connectivity index is 2.60. The normalized spacial score (nSPS) is 24.9. The summed E-state index contributed by atoms with van der Waals surface area (Å²) in [5.41, 5.74) is 1.01.